The number of aliphatic carboxylic acids is 1. The highest BCUT2D eigenvalue weighted by Gasteiger charge is 2.28. The van der Waals surface area contributed by atoms with Crippen LogP contribution in [0.3, 0.4) is 0 Å². The van der Waals surface area contributed by atoms with Crippen LogP contribution >= 0.6 is 11.3 Å². The highest BCUT2D eigenvalue weighted by Crippen LogP contribution is 2.29. The van der Waals surface area contributed by atoms with Crippen LogP contribution in [-0.2, 0) is 16.1 Å². The molecule has 4 N–H and O–H groups in total. The molecule has 0 saturated heterocycles. The van der Waals surface area contributed by atoms with Crippen LogP contribution in [0.4, 0.5) is 5.69 Å². The Kier molecular flexibility index (Phi) is 12.0. The van der Waals surface area contributed by atoms with Gasteiger partial charge in [0.25, 0.3) is 5.91 Å². The van der Waals surface area contributed by atoms with Gasteiger partial charge < -0.3 is 30.3 Å². The number of amides is 2. The second-order valence-electron chi connectivity index (χ2n) is 11.6. The maximum atomic E-state index is 13.5. The first-order chi connectivity index (χ1) is 20.8. The van der Waals surface area contributed by atoms with Crippen LogP contribution < -0.4 is 15.5 Å². The number of unbranched alkanes of at least 4 members (excludes halogenated alkanes) is 4. The number of carboxylic acids is 1. The topological polar surface area (TPSA) is 124 Å². The normalized spacial score (nSPS) is 17.5. The number of aliphatic hydroxyl groups excluding tert-OH is 1. The molecule has 1 fully saturated rings. The number of likely N-dealkylation sites (N-methyl/N-ethyl adjacent to an activating group) is 1. The summed E-state index contributed by atoms with van der Waals surface area (Å²) < 4.78 is 2.94. The Morgan fingerprint density at radius 2 is 1.79 bits per heavy atom. The van der Waals surface area contributed by atoms with Gasteiger partial charge in [0, 0.05) is 37.2 Å². The Labute approximate surface area is 258 Å². The number of nitrogens with one attached hydrogen (secondary N) is 2. The zero-order valence-electron chi connectivity index (χ0n) is 25.4. The van der Waals surface area contributed by atoms with E-state index in [2.05, 4.69) is 16.7 Å². The Bertz CT molecular complexity index is 1360. The molecule has 1 saturated carbocycles. The molecule has 2 aromatic heterocycles. The van der Waals surface area contributed by atoms with Crippen LogP contribution in [0, 0.1) is 12.8 Å². The highest BCUT2D eigenvalue weighted by atomic mass is 32.1. The van der Waals surface area contributed by atoms with E-state index in [0.29, 0.717) is 25.2 Å². The lowest BCUT2D eigenvalue weighted by Gasteiger charge is -2.30. The molecule has 10 heteroatoms. The number of fused-ring (bicyclic) bond motifs is 1. The van der Waals surface area contributed by atoms with Crippen LogP contribution in [0.15, 0.2) is 41.8 Å². The largest absolute Gasteiger partial charge is 0.481 e. The molecule has 0 bridgehead atoms. The maximum absolute atomic E-state index is 13.5. The highest BCUT2D eigenvalue weighted by molar-refractivity contribution is 7.17. The zero-order chi connectivity index (χ0) is 30.8. The molecule has 0 aliphatic heterocycles. The molecule has 1 aliphatic rings. The molecule has 3 aromatic rings. The molecule has 2 heterocycles. The van der Waals surface area contributed by atoms with E-state index in [9.17, 15) is 19.5 Å². The molecule has 0 radical (unpaired) electrons. The first-order valence-electron chi connectivity index (χ1n) is 15.6. The number of aliphatic hydroxyl groups is 1. The van der Waals surface area contributed by atoms with Gasteiger partial charge in [0.05, 0.1) is 16.8 Å². The predicted molar refractivity (Wildman–Crippen MR) is 172 cm³/mol. The van der Waals surface area contributed by atoms with Gasteiger partial charge in [-0.1, -0.05) is 31.4 Å². The second kappa shape index (κ2) is 15.9. The Morgan fingerprint density at radius 3 is 2.51 bits per heavy atom. The molecule has 1 unspecified atom stereocenters. The van der Waals surface area contributed by atoms with E-state index in [-0.39, 0.29) is 36.7 Å². The summed E-state index contributed by atoms with van der Waals surface area (Å²) in [6.07, 6.45) is 6.88. The van der Waals surface area contributed by atoms with Crippen LogP contribution in [0.5, 0.6) is 0 Å². The first kappa shape index (κ1) is 32.5. The van der Waals surface area contributed by atoms with Gasteiger partial charge in [-0.2, -0.15) is 0 Å². The number of carbonyl (C=O) groups excluding carboxylic acids is 2. The summed E-state index contributed by atoms with van der Waals surface area (Å²) in [5.41, 5.74) is 3.56. The van der Waals surface area contributed by atoms with Crippen LogP contribution in [-0.4, -0.2) is 57.9 Å². The van der Waals surface area contributed by atoms with Crippen molar-refractivity contribution >= 4 is 45.0 Å². The summed E-state index contributed by atoms with van der Waals surface area (Å²) >= 11 is 1.58. The van der Waals surface area contributed by atoms with Crippen molar-refractivity contribution in [2.24, 2.45) is 5.92 Å². The summed E-state index contributed by atoms with van der Waals surface area (Å²) in [6, 6.07) is 12.0. The Balaban J connectivity index is 1.27. The standard InChI is InChI=1S/C33H46N4O5S/c1-3-36(26-11-9-10-23(2)20-26)30(38)22-37-27-17-19-43-29(27)21-28(37)33(42)35-25-15-13-24(14-16-25)32(41)34-18-8-6-4-5-7-12-31(39)40/h9-11,17,19-21,24-25,30,38H,3-8,12-16,18,22H2,1-2H3,(H,34,41)(H,35,42)(H,39,40)/t24-,25-,30?. The van der Waals surface area contributed by atoms with Crippen LogP contribution in [0.25, 0.3) is 10.2 Å². The van der Waals surface area contributed by atoms with Gasteiger partial charge in [-0.05, 0) is 87.6 Å². The monoisotopic (exact) mass is 610 g/mol. The minimum atomic E-state index is -0.806. The van der Waals surface area contributed by atoms with Gasteiger partial charge in [-0.15, -0.1) is 11.3 Å². The van der Waals surface area contributed by atoms with Gasteiger partial charge in [0.1, 0.15) is 11.9 Å². The molecule has 1 atom stereocenters. The minimum absolute atomic E-state index is 0.00750. The lowest BCUT2D eigenvalue weighted by Crippen LogP contribution is -2.42. The fourth-order valence-electron chi connectivity index (χ4n) is 6.04. The predicted octanol–water partition coefficient (Wildman–Crippen LogP) is 5.69. The first-order valence-corrected chi connectivity index (χ1v) is 16.5. The lowest BCUT2D eigenvalue weighted by molar-refractivity contribution is -0.137. The molecule has 2 amide bonds. The zero-order valence-corrected chi connectivity index (χ0v) is 26.2. The Hall–Kier alpha value is -3.37. The van der Waals surface area contributed by atoms with Gasteiger partial charge >= 0.3 is 5.97 Å². The van der Waals surface area contributed by atoms with E-state index < -0.39 is 12.2 Å². The van der Waals surface area contributed by atoms with E-state index in [1.54, 1.807) is 11.3 Å². The maximum Gasteiger partial charge on any atom is 0.303 e. The summed E-state index contributed by atoms with van der Waals surface area (Å²) in [4.78, 5) is 38.7. The van der Waals surface area contributed by atoms with Crippen molar-refractivity contribution in [3.63, 3.8) is 0 Å². The Morgan fingerprint density at radius 1 is 1.05 bits per heavy atom. The molecule has 4 rings (SSSR count). The van der Waals surface area contributed by atoms with E-state index >= 15 is 0 Å². The number of carboxylic acid groups (broad SMARTS) is 1. The van der Waals surface area contributed by atoms with Gasteiger partial charge in [-0.3, -0.25) is 14.4 Å². The SMILES string of the molecule is CCN(c1cccc(C)c1)C(O)Cn1c(C(=O)N[C@H]2CC[C@H](C(=O)NCCCCCCCC(=O)O)CC2)cc2sccc21. The van der Waals surface area contributed by atoms with E-state index in [1.807, 2.05) is 59.0 Å². The van der Waals surface area contributed by atoms with E-state index in [0.717, 1.165) is 72.8 Å². The number of anilines is 1. The molecule has 0 spiro atoms. The van der Waals surface area contributed by atoms with E-state index in [4.69, 9.17) is 5.11 Å². The number of thiophene rings is 1. The number of aromatic nitrogens is 1. The van der Waals surface area contributed by atoms with Crippen molar-refractivity contribution in [3.8, 4) is 0 Å². The molecule has 1 aromatic carbocycles. The third-order valence-electron chi connectivity index (χ3n) is 8.43. The molecule has 9 nitrogen and oxygen atoms in total. The third-order valence-corrected chi connectivity index (χ3v) is 9.29. The van der Waals surface area contributed by atoms with E-state index in [1.165, 1.54) is 0 Å². The number of hydrogen-bond acceptors (Lipinski definition) is 6. The van der Waals surface area contributed by atoms with Gasteiger partial charge in [0.2, 0.25) is 5.91 Å². The van der Waals surface area contributed by atoms with Gasteiger partial charge in [-0.25, -0.2) is 0 Å². The van der Waals surface area contributed by atoms with Crippen molar-refractivity contribution in [2.45, 2.75) is 96.9 Å². The van der Waals surface area contributed by atoms with Crippen LogP contribution in [0.2, 0.25) is 0 Å². The van der Waals surface area contributed by atoms with Crippen molar-refractivity contribution in [1.29, 1.82) is 0 Å². The summed E-state index contributed by atoms with van der Waals surface area (Å²) in [6.45, 7) is 5.59. The fourth-order valence-corrected chi connectivity index (χ4v) is 6.86. The average molecular weight is 611 g/mol. The second-order valence-corrected chi connectivity index (χ2v) is 12.6. The number of carbonyl (C=O) groups is 3. The summed E-state index contributed by atoms with van der Waals surface area (Å²) in [5.74, 6) is -0.836. The number of aryl methyl sites for hydroxylation is 1. The molecular weight excluding hydrogens is 564 g/mol. The summed E-state index contributed by atoms with van der Waals surface area (Å²) in [5, 5.41) is 28.3. The summed E-state index contributed by atoms with van der Waals surface area (Å²) in [7, 11) is 0. The quantitative estimate of drug-likeness (QED) is 0.122. The molecule has 234 valence electrons. The fraction of sp³-hybridized carbons (Fsp3) is 0.545. The van der Waals surface area contributed by atoms with Crippen molar-refractivity contribution in [3.05, 3.63) is 53.0 Å². The van der Waals surface area contributed by atoms with Crippen LogP contribution in [0.1, 0.15) is 87.2 Å². The van der Waals surface area contributed by atoms with Crippen molar-refractivity contribution in [2.75, 3.05) is 18.0 Å². The average Bonchev–Trinajstić information content (AvgIpc) is 3.58. The number of nitrogens with zero attached hydrogens (tertiary/aromatic N) is 2. The number of hydrogen-bond donors (Lipinski definition) is 4. The van der Waals surface area contributed by atoms with Crippen molar-refractivity contribution < 1.29 is 24.6 Å². The number of rotatable bonds is 16. The molecule has 43 heavy (non-hydrogen) atoms. The van der Waals surface area contributed by atoms with Crippen molar-refractivity contribution in [1.82, 2.24) is 15.2 Å². The molecule has 1 aliphatic carbocycles. The number of benzene rings is 1. The molecular formula is C33H46N4O5S. The smallest absolute Gasteiger partial charge is 0.303 e. The minimum Gasteiger partial charge on any atom is -0.481 e. The van der Waals surface area contributed by atoms with Gasteiger partial charge in [0.15, 0.2) is 0 Å². The third kappa shape index (κ3) is 9.06. The lowest BCUT2D eigenvalue weighted by atomic mass is 9.85.